The van der Waals surface area contributed by atoms with Crippen molar-refractivity contribution in [2.24, 2.45) is 0 Å². The second-order valence-corrected chi connectivity index (χ2v) is 12.4. The van der Waals surface area contributed by atoms with Gasteiger partial charge in [-0.3, -0.25) is 14.6 Å². The van der Waals surface area contributed by atoms with Crippen molar-refractivity contribution in [2.45, 2.75) is 50.7 Å². The van der Waals surface area contributed by atoms with E-state index >= 15 is 0 Å². The van der Waals surface area contributed by atoms with Crippen LogP contribution in [0.3, 0.4) is 0 Å². The molecule has 1 aliphatic rings. The van der Waals surface area contributed by atoms with Gasteiger partial charge in [-0.1, -0.05) is 6.07 Å². The minimum Gasteiger partial charge on any atom is -0.494 e. The summed E-state index contributed by atoms with van der Waals surface area (Å²) in [6.07, 6.45) is 1.99. The summed E-state index contributed by atoms with van der Waals surface area (Å²) in [6.45, 7) is 6.60. The van der Waals surface area contributed by atoms with E-state index in [1.54, 1.807) is 63.4 Å². The lowest BCUT2D eigenvalue weighted by Gasteiger charge is -2.27. The molecule has 2 aromatic carbocycles. The Morgan fingerprint density at radius 2 is 1.82 bits per heavy atom. The predicted octanol–water partition coefficient (Wildman–Crippen LogP) is 4.01. The summed E-state index contributed by atoms with van der Waals surface area (Å²) in [5.41, 5.74) is -1.34. The van der Waals surface area contributed by atoms with Crippen molar-refractivity contribution in [3.05, 3.63) is 83.4 Å². The Hall–Kier alpha value is -4.61. The van der Waals surface area contributed by atoms with Gasteiger partial charge < -0.3 is 30.3 Å². The second-order valence-electron chi connectivity index (χ2n) is 12.4. The Balaban J connectivity index is 1.47. The maximum Gasteiger partial charge on any atom is 0.251 e. The van der Waals surface area contributed by atoms with Crippen LogP contribution in [-0.4, -0.2) is 64.4 Å². The van der Waals surface area contributed by atoms with Crippen LogP contribution in [-0.2, 0) is 15.8 Å². The molecule has 2 amide bonds. The highest BCUT2D eigenvalue weighted by atomic mass is 19.1. The van der Waals surface area contributed by atoms with E-state index in [9.17, 15) is 24.2 Å². The molecule has 236 valence electrons. The van der Waals surface area contributed by atoms with E-state index in [4.69, 9.17) is 14.5 Å². The van der Waals surface area contributed by atoms with Gasteiger partial charge in [0.15, 0.2) is 0 Å². The molecule has 10 nitrogen and oxygen atoms in total. The molecule has 0 saturated heterocycles. The lowest BCUT2D eigenvalue weighted by Crippen LogP contribution is -2.45. The van der Waals surface area contributed by atoms with Gasteiger partial charge in [0.05, 0.1) is 24.9 Å². The summed E-state index contributed by atoms with van der Waals surface area (Å²) >= 11 is 0. The molecule has 0 saturated carbocycles. The number of aliphatic hydroxyl groups is 2. The van der Waals surface area contributed by atoms with Gasteiger partial charge in [0.25, 0.3) is 5.91 Å². The van der Waals surface area contributed by atoms with Crippen molar-refractivity contribution in [3.63, 3.8) is 0 Å². The molecule has 2 aromatic heterocycles. The van der Waals surface area contributed by atoms with Gasteiger partial charge in [0, 0.05) is 34.8 Å². The Labute approximate surface area is 260 Å². The number of nitrogens with one attached hydrogen (secondary N) is 2. The molecule has 11 heteroatoms. The van der Waals surface area contributed by atoms with Crippen molar-refractivity contribution in [3.8, 4) is 22.8 Å². The summed E-state index contributed by atoms with van der Waals surface area (Å²) < 4.78 is 25.3. The zero-order valence-electron chi connectivity index (χ0n) is 25.9. The van der Waals surface area contributed by atoms with Gasteiger partial charge in [-0.05, 0) is 82.6 Å². The number of hydrogen-bond acceptors (Lipinski definition) is 8. The van der Waals surface area contributed by atoms with Gasteiger partial charge in [-0.15, -0.1) is 0 Å². The number of carbonyl (C=O) groups excluding carboxylic acids is 2. The first-order valence-corrected chi connectivity index (χ1v) is 14.6. The SMILES string of the molecule is COc1cc(C(=O)NC[C@](C)(O)c2cc3c(c(-c4ccc(F)cc4)n2)OC[C@]3(C)C(=O)NCCC(C)(C)O)cc2cccnc12. The quantitative estimate of drug-likeness (QED) is 0.209. The first kappa shape index (κ1) is 31.8. The van der Waals surface area contributed by atoms with Crippen LogP contribution < -0.4 is 20.1 Å². The van der Waals surface area contributed by atoms with Crippen LogP contribution in [0.2, 0.25) is 0 Å². The lowest BCUT2D eigenvalue weighted by atomic mass is 9.81. The predicted molar refractivity (Wildman–Crippen MR) is 167 cm³/mol. The van der Waals surface area contributed by atoms with Gasteiger partial charge in [-0.2, -0.15) is 0 Å². The summed E-state index contributed by atoms with van der Waals surface area (Å²) in [5, 5.41) is 28.2. The first-order chi connectivity index (χ1) is 21.2. The summed E-state index contributed by atoms with van der Waals surface area (Å²) in [4.78, 5) is 35.8. The fourth-order valence-electron chi connectivity index (χ4n) is 5.22. The molecule has 4 aromatic rings. The van der Waals surface area contributed by atoms with E-state index in [1.807, 2.05) is 6.07 Å². The largest absolute Gasteiger partial charge is 0.494 e. The Kier molecular flexibility index (Phi) is 8.52. The fraction of sp³-hybridized carbons (Fsp3) is 0.353. The number of rotatable bonds is 10. The molecule has 0 aliphatic carbocycles. The maximum absolute atomic E-state index is 13.8. The summed E-state index contributed by atoms with van der Waals surface area (Å²) in [6, 6.07) is 14.1. The number of halogens is 1. The van der Waals surface area contributed by atoms with Crippen LogP contribution in [0.25, 0.3) is 22.2 Å². The van der Waals surface area contributed by atoms with Gasteiger partial charge >= 0.3 is 0 Å². The topological polar surface area (TPSA) is 143 Å². The zero-order chi connectivity index (χ0) is 32.6. The Morgan fingerprint density at radius 1 is 1.09 bits per heavy atom. The van der Waals surface area contributed by atoms with Crippen molar-refractivity contribution in [1.82, 2.24) is 20.6 Å². The third kappa shape index (κ3) is 6.59. The third-order valence-corrected chi connectivity index (χ3v) is 8.01. The Bertz CT molecular complexity index is 1750. The number of aromatic nitrogens is 2. The molecule has 3 heterocycles. The van der Waals surface area contributed by atoms with Gasteiger partial charge in [0.2, 0.25) is 5.91 Å². The summed E-state index contributed by atoms with van der Waals surface area (Å²) in [5.74, 6) is -0.408. The maximum atomic E-state index is 13.8. The Morgan fingerprint density at radius 3 is 2.51 bits per heavy atom. The minimum atomic E-state index is -1.69. The number of nitrogens with zero attached hydrogens (tertiary/aromatic N) is 2. The number of carbonyl (C=O) groups is 2. The molecular weight excluding hydrogens is 579 g/mol. The molecule has 2 atom stereocenters. The van der Waals surface area contributed by atoms with Gasteiger partial charge in [-0.25, -0.2) is 9.37 Å². The number of methoxy groups -OCH3 is 1. The van der Waals surface area contributed by atoms with Crippen LogP contribution in [0.15, 0.2) is 60.8 Å². The lowest BCUT2D eigenvalue weighted by molar-refractivity contribution is -0.126. The number of amides is 2. The molecule has 1 aliphatic heterocycles. The van der Waals surface area contributed by atoms with E-state index in [0.29, 0.717) is 45.8 Å². The van der Waals surface area contributed by atoms with Crippen LogP contribution >= 0.6 is 0 Å². The molecule has 0 radical (unpaired) electrons. The average molecular weight is 617 g/mol. The van der Waals surface area contributed by atoms with E-state index in [-0.39, 0.29) is 31.3 Å². The number of hydrogen-bond donors (Lipinski definition) is 4. The van der Waals surface area contributed by atoms with E-state index in [2.05, 4.69) is 15.6 Å². The summed E-state index contributed by atoms with van der Waals surface area (Å²) in [7, 11) is 1.50. The fourth-order valence-corrected chi connectivity index (χ4v) is 5.22. The van der Waals surface area contributed by atoms with Crippen LogP contribution in [0.5, 0.6) is 11.5 Å². The van der Waals surface area contributed by atoms with E-state index in [1.165, 1.54) is 26.2 Å². The standard InChI is InChI=1S/C34H37FN4O6/c1-32(2,42)12-14-37-31(41)33(3)19-45-29-24(33)17-26(39-28(29)20-8-10-23(35)11-9-20)34(4,43)18-38-30(40)22-15-21-7-6-13-36-27(21)25(16-22)44-5/h6-11,13,15-17,42-43H,12,14,18-19H2,1-5H3,(H,37,41)(H,38,40)/t33-,34-/m0/s1. The number of fused-ring (bicyclic) bond motifs is 2. The van der Waals surface area contributed by atoms with Gasteiger partial charge in [0.1, 0.15) is 46.1 Å². The van der Waals surface area contributed by atoms with Crippen molar-refractivity contribution < 1.29 is 33.7 Å². The van der Waals surface area contributed by atoms with Crippen molar-refractivity contribution in [1.29, 1.82) is 0 Å². The molecule has 0 bridgehead atoms. The number of ether oxygens (including phenoxy) is 2. The van der Waals surface area contributed by atoms with Crippen molar-refractivity contribution in [2.75, 3.05) is 26.8 Å². The number of pyridine rings is 2. The normalized spacial score (nSPS) is 17.2. The van der Waals surface area contributed by atoms with E-state index in [0.717, 1.165) is 5.39 Å². The molecule has 4 N–H and O–H groups in total. The second kappa shape index (κ2) is 12.1. The molecule has 5 rings (SSSR count). The molecule has 0 unspecified atom stereocenters. The molecule has 0 fully saturated rings. The van der Waals surface area contributed by atoms with Crippen LogP contribution in [0.4, 0.5) is 4.39 Å². The third-order valence-electron chi connectivity index (χ3n) is 8.01. The monoisotopic (exact) mass is 616 g/mol. The van der Waals surface area contributed by atoms with Crippen molar-refractivity contribution >= 4 is 22.7 Å². The highest BCUT2D eigenvalue weighted by molar-refractivity contribution is 6.00. The zero-order valence-corrected chi connectivity index (χ0v) is 25.9. The number of benzene rings is 2. The molecule has 45 heavy (non-hydrogen) atoms. The highest BCUT2D eigenvalue weighted by Crippen LogP contribution is 2.45. The first-order valence-electron chi connectivity index (χ1n) is 14.6. The minimum absolute atomic E-state index is 0.00749. The smallest absolute Gasteiger partial charge is 0.251 e. The average Bonchev–Trinajstić information content (AvgIpc) is 3.36. The van der Waals surface area contributed by atoms with Crippen LogP contribution in [0.1, 0.15) is 55.7 Å². The molecule has 0 spiro atoms. The van der Waals surface area contributed by atoms with E-state index < -0.39 is 28.3 Å². The molecular formula is C34H37FN4O6. The van der Waals surface area contributed by atoms with Crippen LogP contribution in [0, 0.1) is 5.82 Å². The highest BCUT2D eigenvalue weighted by Gasteiger charge is 2.46.